The summed E-state index contributed by atoms with van der Waals surface area (Å²) in [6.07, 6.45) is 0. The highest BCUT2D eigenvalue weighted by Gasteiger charge is 2.21. The first-order valence-electron chi connectivity index (χ1n) is 5.50. The molecule has 0 aromatic heterocycles. The zero-order valence-corrected chi connectivity index (χ0v) is 9.58. The first-order valence-corrected chi connectivity index (χ1v) is 5.50. The zero-order valence-electron chi connectivity index (χ0n) is 9.58. The summed E-state index contributed by atoms with van der Waals surface area (Å²) < 4.78 is 0. The van der Waals surface area contributed by atoms with Gasteiger partial charge in [-0.3, -0.25) is 10.0 Å². The predicted molar refractivity (Wildman–Crippen MR) is 66.3 cm³/mol. The second-order valence-corrected chi connectivity index (χ2v) is 3.91. The van der Waals surface area contributed by atoms with Gasteiger partial charge in [0, 0.05) is 0 Å². The molecule has 0 bridgehead atoms. The predicted octanol–water partition coefficient (Wildman–Crippen LogP) is 2.03. The maximum Gasteiger partial charge on any atom is 0.255 e. The number of carbonyl (C=O) groups is 1. The maximum atomic E-state index is 11.8. The van der Waals surface area contributed by atoms with Crippen molar-refractivity contribution in [3.8, 4) is 5.75 Å². The van der Waals surface area contributed by atoms with Crippen molar-refractivity contribution in [2.45, 2.75) is 5.92 Å². The Morgan fingerprint density at radius 2 is 1.50 bits per heavy atom. The fourth-order valence-electron chi connectivity index (χ4n) is 1.87. The van der Waals surface area contributed by atoms with Gasteiger partial charge in [0.15, 0.2) is 0 Å². The highest BCUT2D eigenvalue weighted by Crippen LogP contribution is 2.26. The number of benzene rings is 2. The van der Waals surface area contributed by atoms with Crippen LogP contribution in [-0.4, -0.2) is 16.2 Å². The number of rotatable bonds is 3. The average molecular weight is 243 g/mol. The third-order valence-corrected chi connectivity index (χ3v) is 2.73. The molecule has 1 unspecified atom stereocenters. The molecular formula is C14H13NO3. The molecule has 3 N–H and O–H groups in total. The van der Waals surface area contributed by atoms with Gasteiger partial charge < -0.3 is 5.11 Å². The Morgan fingerprint density at radius 3 is 2.06 bits per heavy atom. The summed E-state index contributed by atoms with van der Waals surface area (Å²) in [7, 11) is 0. The minimum atomic E-state index is -0.600. The first kappa shape index (κ1) is 12.1. The summed E-state index contributed by atoms with van der Waals surface area (Å²) in [6, 6.07) is 15.5. The van der Waals surface area contributed by atoms with Gasteiger partial charge in [0.2, 0.25) is 0 Å². The number of amides is 1. The Bertz CT molecular complexity index is 522. The molecule has 18 heavy (non-hydrogen) atoms. The number of phenolic OH excluding ortho intramolecular Hbond substituents is 1. The second-order valence-electron chi connectivity index (χ2n) is 3.91. The largest absolute Gasteiger partial charge is 0.508 e. The van der Waals surface area contributed by atoms with Crippen molar-refractivity contribution in [3.63, 3.8) is 0 Å². The van der Waals surface area contributed by atoms with Crippen molar-refractivity contribution in [2.24, 2.45) is 0 Å². The van der Waals surface area contributed by atoms with Crippen molar-refractivity contribution in [1.82, 2.24) is 5.48 Å². The molecule has 0 spiro atoms. The van der Waals surface area contributed by atoms with E-state index in [9.17, 15) is 9.90 Å². The molecule has 4 heteroatoms. The molecule has 1 atom stereocenters. The second kappa shape index (κ2) is 5.33. The Hall–Kier alpha value is -2.33. The van der Waals surface area contributed by atoms with E-state index in [1.165, 1.54) is 12.1 Å². The number of aromatic hydroxyl groups is 1. The minimum absolute atomic E-state index is 0.134. The van der Waals surface area contributed by atoms with Crippen LogP contribution in [0.25, 0.3) is 0 Å². The van der Waals surface area contributed by atoms with Crippen molar-refractivity contribution in [1.29, 1.82) is 0 Å². The van der Waals surface area contributed by atoms with Crippen LogP contribution >= 0.6 is 0 Å². The maximum absolute atomic E-state index is 11.8. The lowest BCUT2D eigenvalue weighted by Crippen LogP contribution is -2.27. The standard InChI is InChI=1S/C14H13NO3/c16-12-8-6-11(7-9-12)13(14(17)15-18)10-4-2-1-3-5-10/h1-9,13,16,18H,(H,15,17). The molecule has 92 valence electrons. The monoisotopic (exact) mass is 243 g/mol. The van der Waals surface area contributed by atoms with E-state index in [1.54, 1.807) is 17.6 Å². The molecule has 0 radical (unpaired) electrons. The van der Waals surface area contributed by atoms with Crippen molar-refractivity contribution >= 4 is 5.91 Å². The van der Waals surface area contributed by atoms with Gasteiger partial charge in [-0.2, -0.15) is 0 Å². The molecule has 0 saturated heterocycles. The van der Waals surface area contributed by atoms with Crippen LogP contribution in [0.3, 0.4) is 0 Å². The van der Waals surface area contributed by atoms with E-state index in [0.717, 1.165) is 5.56 Å². The smallest absolute Gasteiger partial charge is 0.255 e. The number of phenols is 1. The van der Waals surface area contributed by atoms with E-state index in [4.69, 9.17) is 5.21 Å². The molecule has 1 amide bonds. The van der Waals surface area contributed by atoms with Gasteiger partial charge in [-0.1, -0.05) is 42.5 Å². The minimum Gasteiger partial charge on any atom is -0.508 e. The number of hydrogen-bond acceptors (Lipinski definition) is 3. The van der Waals surface area contributed by atoms with Crippen LogP contribution in [-0.2, 0) is 4.79 Å². The lowest BCUT2D eigenvalue weighted by atomic mass is 9.91. The SMILES string of the molecule is O=C(NO)C(c1ccccc1)c1ccc(O)cc1. The van der Waals surface area contributed by atoms with E-state index in [2.05, 4.69) is 0 Å². The van der Waals surface area contributed by atoms with Crippen LogP contribution in [0.15, 0.2) is 54.6 Å². The Kier molecular flexibility index (Phi) is 3.60. The number of nitrogens with one attached hydrogen (secondary N) is 1. The van der Waals surface area contributed by atoms with Crippen molar-refractivity contribution < 1.29 is 15.1 Å². The van der Waals surface area contributed by atoms with Gasteiger partial charge in [-0.25, -0.2) is 5.48 Å². The molecule has 2 rings (SSSR count). The molecule has 0 saturated carbocycles. The Labute approximate surface area is 104 Å². The van der Waals surface area contributed by atoms with Gasteiger partial charge in [0.05, 0.1) is 5.92 Å². The van der Waals surface area contributed by atoms with Crippen LogP contribution in [0.2, 0.25) is 0 Å². The van der Waals surface area contributed by atoms with Crippen molar-refractivity contribution in [2.75, 3.05) is 0 Å². The third-order valence-electron chi connectivity index (χ3n) is 2.73. The van der Waals surface area contributed by atoms with Gasteiger partial charge in [0.1, 0.15) is 5.75 Å². The molecule has 0 heterocycles. The third kappa shape index (κ3) is 2.49. The molecule has 2 aromatic rings. The number of carbonyl (C=O) groups excluding carboxylic acids is 1. The molecule has 0 aliphatic heterocycles. The number of hydroxylamine groups is 1. The molecule has 2 aromatic carbocycles. The summed E-state index contributed by atoms with van der Waals surface area (Å²) in [4.78, 5) is 11.8. The fourth-order valence-corrected chi connectivity index (χ4v) is 1.87. The highest BCUT2D eigenvalue weighted by molar-refractivity contribution is 5.86. The summed E-state index contributed by atoms with van der Waals surface area (Å²) in [6.45, 7) is 0. The quantitative estimate of drug-likeness (QED) is 0.570. The zero-order chi connectivity index (χ0) is 13.0. The topological polar surface area (TPSA) is 69.6 Å². The number of hydrogen-bond donors (Lipinski definition) is 3. The summed E-state index contributed by atoms with van der Waals surface area (Å²) in [5, 5.41) is 18.1. The summed E-state index contributed by atoms with van der Waals surface area (Å²) in [5.41, 5.74) is 3.15. The Morgan fingerprint density at radius 1 is 0.944 bits per heavy atom. The van der Waals surface area contributed by atoms with E-state index in [-0.39, 0.29) is 5.75 Å². The van der Waals surface area contributed by atoms with Crippen LogP contribution in [0.4, 0.5) is 0 Å². The lowest BCUT2D eigenvalue weighted by molar-refractivity contribution is -0.129. The molecule has 0 fully saturated rings. The van der Waals surface area contributed by atoms with Gasteiger partial charge >= 0.3 is 0 Å². The average Bonchev–Trinajstić information content (AvgIpc) is 2.42. The molecule has 0 aliphatic carbocycles. The van der Waals surface area contributed by atoms with Crippen LogP contribution in [0, 0.1) is 0 Å². The van der Waals surface area contributed by atoms with Crippen LogP contribution in [0.1, 0.15) is 17.0 Å². The van der Waals surface area contributed by atoms with Crippen LogP contribution in [0.5, 0.6) is 5.75 Å². The Balaban J connectivity index is 2.43. The normalized spacial score (nSPS) is 11.8. The van der Waals surface area contributed by atoms with Gasteiger partial charge in [0.25, 0.3) is 5.91 Å². The van der Waals surface area contributed by atoms with E-state index < -0.39 is 11.8 Å². The first-order chi connectivity index (χ1) is 8.72. The van der Waals surface area contributed by atoms with Crippen LogP contribution < -0.4 is 5.48 Å². The fraction of sp³-hybridized carbons (Fsp3) is 0.0714. The molecule has 4 nitrogen and oxygen atoms in total. The summed E-state index contributed by atoms with van der Waals surface area (Å²) >= 11 is 0. The van der Waals surface area contributed by atoms with Gasteiger partial charge in [-0.05, 0) is 23.3 Å². The van der Waals surface area contributed by atoms with E-state index in [1.807, 2.05) is 30.3 Å². The van der Waals surface area contributed by atoms with E-state index >= 15 is 0 Å². The molecular weight excluding hydrogens is 230 g/mol. The van der Waals surface area contributed by atoms with Gasteiger partial charge in [-0.15, -0.1) is 0 Å². The molecule has 0 aliphatic rings. The van der Waals surface area contributed by atoms with Crippen molar-refractivity contribution in [3.05, 3.63) is 65.7 Å². The highest BCUT2D eigenvalue weighted by atomic mass is 16.5. The lowest BCUT2D eigenvalue weighted by Gasteiger charge is -2.15. The summed E-state index contributed by atoms with van der Waals surface area (Å²) in [5.74, 6) is -0.973. The van der Waals surface area contributed by atoms with E-state index in [0.29, 0.717) is 5.56 Å².